The van der Waals surface area contributed by atoms with E-state index in [1.807, 2.05) is 30.3 Å². The van der Waals surface area contributed by atoms with E-state index in [1.165, 1.54) is 29.5 Å². The summed E-state index contributed by atoms with van der Waals surface area (Å²) in [5.41, 5.74) is 1.35. The van der Waals surface area contributed by atoms with Crippen LogP contribution in [0.25, 0.3) is 11.3 Å². The zero-order valence-corrected chi connectivity index (χ0v) is 11.8. The van der Waals surface area contributed by atoms with Crippen molar-refractivity contribution in [3.05, 3.63) is 71.1 Å². The molecule has 1 N–H and O–H groups in total. The smallest absolute Gasteiger partial charge is 0.183 e. The van der Waals surface area contributed by atoms with Gasteiger partial charge in [-0.1, -0.05) is 36.4 Å². The van der Waals surface area contributed by atoms with E-state index in [0.717, 1.165) is 5.56 Å². The molecular formula is C16H12F2N2S. The quantitative estimate of drug-likeness (QED) is 0.755. The number of halogens is 2. The Bertz CT molecular complexity index is 721. The van der Waals surface area contributed by atoms with Gasteiger partial charge in [0.15, 0.2) is 5.13 Å². The summed E-state index contributed by atoms with van der Waals surface area (Å²) in [6, 6.07) is 13.7. The fourth-order valence-corrected chi connectivity index (χ4v) is 2.69. The van der Waals surface area contributed by atoms with Crippen molar-refractivity contribution in [1.82, 2.24) is 4.98 Å². The molecule has 106 valence electrons. The van der Waals surface area contributed by atoms with Gasteiger partial charge in [0.1, 0.15) is 11.6 Å². The Balaban J connectivity index is 1.78. The van der Waals surface area contributed by atoms with Crippen molar-refractivity contribution in [3.8, 4) is 11.3 Å². The van der Waals surface area contributed by atoms with Gasteiger partial charge >= 0.3 is 0 Å². The van der Waals surface area contributed by atoms with Gasteiger partial charge in [-0.15, -0.1) is 11.3 Å². The largest absolute Gasteiger partial charge is 0.357 e. The minimum absolute atomic E-state index is 0.0819. The molecule has 0 fully saturated rings. The number of hydrogen-bond acceptors (Lipinski definition) is 3. The highest BCUT2D eigenvalue weighted by Gasteiger charge is 2.14. The van der Waals surface area contributed by atoms with Crippen LogP contribution < -0.4 is 5.32 Å². The Labute approximate surface area is 125 Å². The zero-order chi connectivity index (χ0) is 14.7. The third-order valence-corrected chi connectivity index (χ3v) is 3.81. The highest BCUT2D eigenvalue weighted by Crippen LogP contribution is 2.29. The van der Waals surface area contributed by atoms with Gasteiger partial charge in [0, 0.05) is 11.9 Å². The van der Waals surface area contributed by atoms with Gasteiger partial charge in [0.25, 0.3) is 0 Å². The Hall–Kier alpha value is -2.27. The van der Waals surface area contributed by atoms with Crippen molar-refractivity contribution in [2.24, 2.45) is 0 Å². The van der Waals surface area contributed by atoms with Crippen LogP contribution in [0.3, 0.4) is 0 Å². The minimum atomic E-state index is -0.602. The SMILES string of the molecule is Fc1cccc(F)c1-c1csc(NCc2ccccc2)n1. The van der Waals surface area contributed by atoms with Crippen LogP contribution in [0.4, 0.5) is 13.9 Å². The lowest BCUT2D eigenvalue weighted by molar-refractivity contribution is 0.589. The molecule has 2 aromatic carbocycles. The molecule has 0 atom stereocenters. The summed E-state index contributed by atoms with van der Waals surface area (Å²) in [7, 11) is 0. The minimum Gasteiger partial charge on any atom is -0.357 e. The third-order valence-electron chi connectivity index (χ3n) is 3.01. The molecule has 5 heteroatoms. The van der Waals surface area contributed by atoms with Crippen LogP contribution in [-0.4, -0.2) is 4.98 Å². The van der Waals surface area contributed by atoms with Crippen molar-refractivity contribution >= 4 is 16.5 Å². The maximum absolute atomic E-state index is 13.7. The predicted molar refractivity (Wildman–Crippen MR) is 81.2 cm³/mol. The van der Waals surface area contributed by atoms with E-state index in [2.05, 4.69) is 10.3 Å². The molecule has 0 unspecified atom stereocenters. The number of thiazole rings is 1. The third kappa shape index (κ3) is 3.08. The van der Waals surface area contributed by atoms with Gasteiger partial charge < -0.3 is 5.32 Å². The summed E-state index contributed by atoms with van der Waals surface area (Å²) in [5, 5.41) is 5.44. The lowest BCUT2D eigenvalue weighted by Gasteiger charge is -2.03. The molecule has 21 heavy (non-hydrogen) atoms. The van der Waals surface area contributed by atoms with E-state index in [9.17, 15) is 8.78 Å². The molecule has 0 aliphatic heterocycles. The standard InChI is InChI=1S/C16H12F2N2S/c17-12-7-4-8-13(18)15(12)14-10-21-16(20-14)19-9-11-5-2-1-3-6-11/h1-8,10H,9H2,(H,19,20). The van der Waals surface area contributed by atoms with E-state index in [-0.39, 0.29) is 5.56 Å². The van der Waals surface area contributed by atoms with Crippen molar-refractivity contribution in [2.75, 3.05) is 5.32 Å². The van der Waals surface area contributed by atoms with Crippen LogP contribution >= 0.6 is 11.3 Å². The lowest BCUT2D eigenvalue weighted by Crippen LogP contribution is -1.98. The normalized spacial score (nSPS) is 10.6. The Kier molecular flexibility index (Phi) is 3.92. The number of nitrogens with one attached hydrogen (secondary N) is 1. The first-order chi connectivity index (χ1) is 10.2. The number of rotatable bonds is 4. The Morgan fingerprint density at radius 3 is 2.38 bits per heavy atom. The van der Waals surface area contributed by atoms with Crippen LogP contribution in [0.1, 0.15) is 5.56 Å². The van der Waals surface area contributed by atoms with Gasteiger partial charge in [0.05, 0.1) is 11.3 Å². The highest BCUT2D eigenvalue weighted by atomic mass is 32.1. The molecule has 0 amide bonds. The fraction of sp³-hybridized carbons (Fsp3) is 0.0625. The highest BCUT2D eigenvalue weighted by molar-refractivity contribution is 7.14. The van der Waals surface area contributed by atoms with Crippen molar-refractivity contribution in [1.29, 1.82) is 0 Å². The Morgan fingerprint density at radius 1 is 0.952 bits per heavy atom. The van der Waals surface area contributed by atoms with E-state index >= 15 is 0 Å². The van der Waals surface area contributed by atoms with Crippen molar-refractivity contribution in [3.63, 3.8) is 0 Å². The molecule has 0 aliphatic rings. The molecule has 0 bridgehead atoms. The first kappa shape index (κ1) is 13.7. The average molecular weight is 302 g/mol. The van der Waals surface area contributed by atoms with E-state index in [1.54, 1.807) is 5.38 Å². The van der Waals surface area contributed by atoms with Crippen LogP contribution in [0.5, 0.6) is 0 Å². The summed E-state index contributed by atoms with van der Waals surface area (Å²) in [6.45, 7) is 0.619. The summed E-state index contributed by atoms with van der Waals surface area (Å²) in [5.74, 6) is -1.20. The Morgan fingerprint density at radius 2 is 1.67 bits per heavy atom. The molecule has 0 saturated heterocycles. The van der Waals surface area contributed by atoms with E-state index in [0.29, 0.717) is 17.4 Å². The zero-order valence-electron chi connectivity index (χ0n) is 11.0. The second-order valence-corrected chi connectivity index (χ2v) is 5.33. The van der Waals surface area contributed by atoms with E-state index < -0.39 is 11.6 Å². The van der Waals surface area contributed by atoms with Gasteiger partial charge in [-0.05, 0) is 17.7 Å². The van der Waals surface area contributed by atoms with Crippen molar-refractivity contribution in [2.45, 2.75) is 6.54 Å². The molecular weight excluding hydrogens is 290 g/mol. The second kappa shape index (κ2) is 6.01. The van der Waals surface area contributed by atoms with Gasteiger partial charge in [-0.2, -0.15) is 0 Å². The van der Waals surface area contributed by atoms with Crippen LogP contribution in [-0.2, 0) is 6.54 Å². The van der Waals surface area contributed by atoms with Crippen LogP contribution in [0, 0.1) is 11.6 Å². The van der Waals surface area contributed by atoms with Crippen molar-refractivity contribution < 1.29 is 8.78 Å². The number of nitrogens with zero attached hydrogens (tertiary/aromatic N) is 1. The summed E-state index contributed by atoms with van der Waals surface area (Å²) < 4.78 is 27.4. The predicted octanol–water partition coefficient (Wildman–Crippen LogP) is 4.70. The molecule has 0 spiro atoms. The summed E-state index contributed by atoms with van der Waals surface area (Å²) in [4.78, 5) is 4.24. The van der Waals surface area contributed by atoms with Crippen LogP contribution in [0.2, 0.25) is 0 Å². The van der Waals surface area contributed by atoms with Crippen LogP contribution in [0.15, 0.2) is 53.9 Å². The monoisotopic (exact) mass is 302 g/mol. The maximum Gasteiger partial charge on any atom is 0.183 e. The summed E-state index contributed by atoms with van der Waals surface area (Å²) >= 11 is 1.33. The number of benzene rings is 2. The van der Waals surface area contributed by atoms with Gasteiger partial charge in [-0.25, -0.2) is 13.8 Å². The molecule has 2 nitrogen and oxygen atoms in total. The topological polar surface area (TPSA) is 24.9 Å². The molecule has 0 aliphatic carbocycles. The number of hydrogen-bond donors (Lipinski definition) is 1. The first-order valence-electron chi connectivity index (χ1n) is 6.42. The van der Waals surface area contributed by atoms with Gasteiger partial charge in [-0.3, -0.25) is 0 Å². The number of aromatic nitrogens is 1. The number of anilines is 1. The average Bonchev–Trinajstić information content (AvgIpc) is 2.95. The molecule has 3 rings (SSSR count). The maximum atomic E-state index is 13.7. The molecule has 1 aromatic heterocycles. The fourth-order valence-electron chi connectivity index (χ4n) is 1.99. The summed E-state index contributed by atoms with van der Waals surface area (Å²) in [6.07, 6.45) is 0. The van der Waals surface area contributed by atoms with E-state index in [4.69, 9.17) is 0 Å². The lowest BCUT2D eigenvalue weighted by atomic mass is 10.1. The molecule has 3 aromatic rings. The molecule has 1 heterocycles. The molecule has 0 saturated carbocycles. The first-order valence-corrected chi connectivity index (χ1v) is 7.30. The van der Waals surface area contributed by atoms with Gasteiger partial charge in [0.2, 0.25) is 0 Å². The second-order valence-electron chi connectivity index (χ2n) is 4.47. The molecule has 0 radical (unpaired) electrons.